The SMILES string of the molecule is CC(=O)c1c(C)cc(C)c(Sc2ccc(C)cc2)c1O. The largest absolute Gasteiger partial charge is 0.506 e. The number of phenolic OH excluding ortho intramolecular Hbond substituents is 1. The van der Waals surface area contributed by atoms with E-state index in [2.05, 4.69) is 0 Å². The first kappa shape index (κ1) is 14.7. The molecule has 0 saturated heterocycles. The maximum absolute atomic E-state index is 11.7. The van der Waals surface area contributed by atoms with Crippen LogP contribution in [0.25, 0.3) is 0 Å². The summed E-state index contributed by atoms with van der Waals surface area (Å²) in [5.41, 5.74) is 3.42. The molecule has 0 aliphatic heterocycles. The second-order valence-corrected chi connectivity index (χ2v) is 6.12. The highest BCUT2D eigenvalue weighted by Gasteiger charge is 2.17. The molecule has 0 spiro atoms. The van der Waals surface area contributed by atoms with Crippen LogP contribution in [0.2, 0.25) is 0 Å². The zero-order valence-corrected chi connectivity index (χ0v) is 13.0. The summed E-state index contributed by atoms with van der Waals surface area (Å²) in [4.78, 5) is 13.5. The van der Waals surface area contributed by atoms with Crippen molar-refractivity contribution < 1.29 is 9.90 Å². The second kappa shape index (κ2) is 5.71. The maximum Gasteiger partial charge on any atom is 0.163 e. The average Bonchev–Trinajstić information content (AvgIpc) is 2.36. The van der Waals surface area contributed by atoms with E-state index in [0.29, 0.717) is 5.56 Å². The molecule has 2 aromatic rings. The van der Waals surface area contributed by atoms with Gasteiger partial charge in [-0.1, -0.05) is 35.5 Å². The number of Topliss-reactive ketones (excluding diaryl/α,β-unsaturated/α-hetero) is 1. The lowest BCUT2D eigenvalue weighted by Gasteiger charge is -2.13. The Morgan fingerprint density at radius 3 is 2.20 bits per heavy atom. The summed E-state index contributed by atoms with van der Waals surface area (Å²) in [7, 11) is 0. The number of ketones is 1. The Kier molecular flexibility index (Phi) is 4.19. The van der Waals surface area contributed by atoms with Gasteiger partial charge >= 0.3 is 0 Å². The smallest absolute Gasteiger partial charge is 0.163 e. The van der Waals surface area contributed by atoms with Gasteiger partial charge in [-0.3, -0.25) is 4.79 Å². The first-order valence-electron chi connectivity index (χ1n) is 6.48. The van der Waals surface area contributed by atoms with Crippen LogP contribution in [0, 0.1) is 20.8 Å². The molecule has 2 rings (SSSR count). The van der Waals surface area contributed by atoms with E-state index in [-0.39, 0.29) is 11.5 Å². The van der Waals surface area contributed by atoms with Gasteiger partial charge in [0.05, 0.1) is 10.5 Å². The van der Waals surface area contributed by atoms with Crippen LogP contribution in [0.15, 0.2) is 40.1 Å². The lowest BCUT2D eigenvalue weighted by molar-refractivity contribution is 0.101. The first-order chi connectivity index (χ1) is 9.40. The minimum Gasteiger partial charge on any atom is -0.506 e. The third-order valence-corrected chi connectivity index (χ3v) is 4.46. The molecule has 0 radical (unpaired) electrons. The topological polar surface area (TPSA) is 37.3 Å². The van der Waals surface area contributed by atoms with E-state index in [0.717, 1.165) is 20.9 Å². The molecule has 0 aliphatic carbocycles. The Hall–Kier alpha value is -1.74. The number of carbonyl (C=O) groups excluding carboxylic acids is 1. The van der Waals surface area contributed by atoms with Crippen LogP contribution < -0.4 is 0 Å². The van der Waals surface area contributed by atoms with Crippen molar-refractivity contribution in [3.8, 4) is 5.75 Å². The zero-order valence-electron chi connectivity index (χ0n) is 12.2. The van der Waals surface area contributed by atoms with Gasteiger partial charge in [0.2, 0.25) is 0 Å². The maximum atomic E-state index is 11.7. The minimum absolute atomic E-state index is 0.0978. The molecular formula is C17H18O2S. The lowest BCUT2D eigenvalue weighted by Crippen LogP contribution is -1.99. The molecular weight excluding hydrogens is 268 g/mol. The van der Waals surface area contributed by atoms with E-state index < -0.39 is 0 Å². The van der Waals surface area contributed by atoms with Crippen molar-refractivity contribution in [2.24, 2.45) is 0 Å². The third-order valence-electron chi connectivity index (χ3n) is 3.23. The molecule has 0 aliphatic rings. The van der Waals surface area contributed by atoms with Crippen molar-refractivity contribution in [3.05, 3.63) is 52.6 Å². The third kappa shape index (κ3) is 2.88. The summed E-state index contributed by atoms with van der Waals surface area (Å²) >= 11 is 1.49. The molecule has 104 valence electrons. The lowest BCUT2D eigenvalue weighted by atomic mass is 10.0. The van der Waals surface area contributed by atoms with Gasteiger partial charge in [0, 0.05) is 4.90 Å². The van der Waals surface area contributed by atoms with Crippen LogP contribution in [0.5, 0.6) is 5.75 Å². The molecule has 20 heavy (non-hydrogen) atoms. The van der Waals surface area contributed by atoms with Gasteiger partial charge in [0.1, 0.15) is 5.75 Å². The number of aryl methyl sites for hydroxylation is 3. The minimum atomic E-state index is -0.106. The van der Waals surface area contributed by atoms with Crippen molar-refractivity contribution >= 4 is 17.5 Å². The van der Waals surface area contributed by atoms with Crippen molar-refractivity contribution in [1.82, 2.24) is 0 Å². The number of aromatic hydroxyl groups is 1. The molecule has 0 saturated carbocycles. The predicted octanol–water partition coefficient (Wildman–Crippen LogP) is 4.67. The zero-order chi connectivity index (χ0) is 14.9. The Morgan fingerprint density at radius 2 is 1.65 bits per heavy atom. The van der Waals surface area contributed by atoms with Crippen molar-refractivity contribution in [2.45, 2.75) is 37.5 Å². The van der Waals surface area contributed by atoms with Gasteiger partial charge in [-0.2, -0.15) is 0 Å². The Balaban J connectivity index is 2.48. The summed E-state index contributed by atoms with van der Waals surface area (Å²) in [6, 6.07) is 10.1. The van der Waals surface area contributed by atoms with Crippen LogP contribution in [0.4, 0.5) is 0 Å². The van der Waals surface area contributed by atoms with E-state index in [9.17, 15) is 9.90 Å². The molecule has 1 N–H and O–H groups in total. The average molecular weight is 286 g/mol. The van der Waals surface area contributed by atoms with E-state index in [1.165, 1.54) is 24.2 Å². The van der Waals surface area contributed by atoms with Crippen molar-refractivity contribution in [1.29, 1.82) is 0 Å². The standard InChI is InChI=1S/C17H18O2S/c1-10-5-7-14(8-6-10)20-17-12(3)9-11(2)15(13(4)18)16(17)19/h5-9,19H,1-4H3. The molecule has 0 atom stereocenters. The summed E-state index contributed by atoms with van der Waals surface area (Å²) in [5.74, 6) is -0.00803. The van der Waals surface area contributed by atoms with Gasteiger partial charge in [-0.05, 0) is 51.0 Å². The molecule has 0 unspecified atom stereocenters. The number of hydrogen-bond donors (Lipinski definition) is 1. The summed E-state index contributed by atoms with van der Waals surface area (Å²) in [5, 5.41) is 10.4. The predicted molar refractivity (Wildman–Crippen MR) is 82.9 cm³/mol. The molecule has 2 nitrogen and oxygen atoms in total. The Labute approximate surface area is 123 Å². The number of hydrogen-bond acceptors (Lipinski definition) is 3. The highest BCUT2D eigenvalue weighted by atomic mass is 32.2. The monoisotopic (exact) mass is 286 g/mol. The molecule has 0 heterocycles. The molecule has 0 bridgehead atoms. The summed E-state index contributed by atoms with van der Waals surface area (Å²) < 4.78 is 0. The van der Waals surface area contributed by atoms with Crippen LogP contribution in [-0.2, 0) is 0 Å². The highest BCUT2D eigenvalue weighted by Crippen LogP contribution is 2.40. The Bertz CT molecular complexity index is 658. The molecule has 0 aromatic heterocycles. The van der Waals surface area contributed by atoms with Crippen LogP contribution in [0.1, 0.15) is 34.0 Å². The number of benzene rings is 2. The van der Waals surface area contributed by atoms with Gasteiger partial charge in [-0.25, -0.2) is 0 Å². The van der Waals surface area contributed by atoms with E-state index in [1.54, 1.807) is 0 Å². The fraction of sp³-hybridized carbons (Fsp3) is 0.235. The quantitative estimate of drug-likeness (QED) is 0.833. The number of phenols is 1. The van der Waals surface area contributed by atoms with Gasteiger partial charge in [-0.15, -0.1) is 0 Å². The normalized spacial score (nSPS) is 10.6. The fourth-order valence-electron chi connectivity index (χ4n) is 2.25. The summed E-state index contributed by atoms with van der Waals surface area (Å²) in [6.07, 6.45) is 0. The number of rotatable bonds is 3. The highest BCUT2D eigenvalue weighted by molar-refractivity contribution is 7.99. The molecule has 0 fully saturated rings. The van der Waals surface area contributed by atoms with Gasteiger partial charge in [0.25, 0.3) is 0 Å². The van der Waals surface area contributed by atoms with E-state index in [4.69, 9.17) is 0 Å². The van der Waals surface area contributed by atoms with E-state index >= 15 is 0 Å². The molecule has 0 amide bonds. The van der Waals surface area contributed by atoms with Gasteiger partial charge < -0.3 is 5.11 Å². The fourth-order valence-corrected chi connectivity index (χ4v) is 3.17. The van der Waals surface area contributed by atoms with Crippen molar-refractivity contribution in [3.63, 3.8) is 0 Å². The molecule has 2 aromatic carbocycles. The van der Waals surface area contributed by atoms with Crippen LogP contribution in [0.3, 0.4) is 0 Å². The van der Waals surface area contributed by atoms with Gasteiger partial charge in [0.15, 0.2) is 5.78 Å². The Morgan fingerprint density at radius 1 is 1.05 bits per heavy atom. The van der Waals surface area contributed by atoms with E-state index in [1.807, 2.05) is 51.1 Å². The first-order valence-corrected chi connectivity index (χ1v) is 7.30. The number of carbonyl (C=O) groups is 1. The molecule has 3 heteroatoms. The van der Waals surface area contributed by atoms with Crippen molar-refractivity contribution in [2.75, 3.05) is 0 Å². The van der Waals surface area contributed by atoms with Crippen LogP contribution in [-0.4, -0.2) is 10.9 Å². The summed E-state index contributed by atoms with van der Waals surface area (Å²) in [6.45, 7) is 7.32. The van der Waals surface area contributed by atoms with Crippen LogP contribution >= 0.6 is 11.8 Å². The second-order valence-electron chi connectivity index (χ2n) is 5.03.